The van der Waals surface area contributed by atoms with E-state index in [1.54, 1.807) is 0 Å². The smallest absolute Gasteiger partial charge is 0.133 e. The van der Waals surface area contributed by atoms with Gasteiger partial charge < -0.3 is 0 Å². The van der Waals surface area contributed by atoms with Crippen molar-refractivity contribution in [3.63, 3.8) is 0 Å². The zero-order valence-electron chi connectivity index (χ0n) is 15.9. The Morgan fingerprint density at radius 2 is 1.81 bits per heavy atom. The minimum atomic E-state index is -1.37. The summed E-state index contributed by atoms with van der Waals surface area (Å²) >= 11 is 0. The number of ketones is 1. The number of carbonyl (C=O) groups excluding carboxylic acids is 1. The summed E-state index contributed by atoms with van der Waals surface area (Å²) in [5, 5.41) is 10.1. The molecule has 0 aromatic heterocycles. The zero-order chi connectivity index (χ0) is 19.4. The summed E-state index contributed by atoms with van der Waals surface area (Å²) < 4.78 is 13.3. The number of rotatable bonds is 4. The van der Waals surface area contributed by atoms with Crippen molar-refractivity contribution in [3.05, 3.63) is 59.7 Å². The fourth-order valence-corrected chi connectivity index (χ4v) is 5.22. The highest BCUT2D eigenvalue weighted by atomic mass is 32.2. The SMILES string of the molecule is Cc1ccc([S@](=O)c2ccccc2[C@](C)(C#N)[C@H]2CCCCC(=O)C2)cc1. The molecule has 1 aliphatic rings. The number of benzene rings is 2. The standard InChI is InChI=1S/C23H25NO2S/c1-17-11-13-20(14-12-17)27(26)22-10-6-5-9-21(22)23(2,16-24)18-7-3-4-8-19(25)15-18/h5-6,9-14,18H,3-4,7-8,15H2,1-2H3/t18-,23+,27-/m0/s1. The van der Waals surface area contributed by atoms with E-state index < -0.39 is 16.2 Å². The van der Waals surface area contributed by atoms with E-state index in [4.69, 9.17) is 0 Å². The number of hydrogen-bond donors (Lipinski definition) is 0. The molecule has 1 saturated carbocycles. The molecule has 0 N–H and O–H groups in total. The quantitative estimate of drug-likeness (QED) is 0.695. The van der Waals surface area contributed by atoms with Crippen LogP contribution in [0, 0.1) is 24.2 Å². The van der Waals surface area contributed by atoms with Crippen LogP contribution in [-0.4, -0.2) is 9.99 Å². The molecule has 1 aliphatic carbocycles. The van der Waals surface area contributed by atoms with Crippen LogP contribution in [0.25, 0.3) is 0 Å². The molecule has 140 valence electrons. The lowest BCUT2D eigenvalue weighted by Crippen LogP contribution is -2.33. The second-order valence-electron chi connectivity index (χ2n) is 7.58. The normalized spacial score (nSPS) is 20.9. The van der Waals surface area contributed by atoms with E-state index in [1.807, 2.05) is 62.4 Å². The first-order valence-corrected chi connectivity index (χ1v) is 10.6. The number of aryl methyl sites for hydroxylation is 1. The van der Waals surface area contributed by atoms with Crippen LogP contribution in [0.4, 0.5) is 0 Å². The highest BCUT2D eigenvalue weighted by molar-refractivity contribution is 7.85. The fraction of sp³-hybridized carbons (Fsp3) is 0.391. The molecule has 27 heavy (non-hydrogen) atoms. The minimum Gasteiger partial charge on any atom is -0.300 e. The predicted molar refractivity (Wildman–Crippen MR) is 107 cm³/mol. The molecular weight excluding hydrogens is 354 g/mol. The number of hydrogen-bond acceptors (Lipinski definition) is 3. The first-order valence-electron chi connectivity index (χ1n) is 9.46. The van der Waals surface area contributed by atoms with Gasteiger partial charge in [-0.2, -0.15) is 5.26 Å². The monoisotopic (exact) mass is 379 g/mol. The van der Waals surface area contributed by atoms with Gasteiger partial charge in [-0.3, -0.25) is 4.79 Å². The van der Waals surface area contributed by atoms with Gasteiger partial charge in [0.05, 0.1) is 22.3 Å². The Labute approximate surface area is 163 Å². The second-order valence-corrected chi connectivity index (χ2v) is 9.03. The van der Waals surface area contributed by atoms with Crippen molar-refractivity contribution in [2.45, 2.75) is 61.2 Å². The van der Waals surface area contributed by atoms with Crippen LogP contribution in [0.1, 0.15) is 50.2 Å². The summed E-state index contributed by atoms with van der Waals surface area (Å²) in [4.78, 5) is 13.6. The molecule has 0 saturated heterocycles. The summed E-state index contributed by atoms with van der Waals surface area (Å²) in [5.41, 5.74) is 1.06. The van der Waals surface area contributed by atoms with Gasteiger partial charge in [0.15, 0.2) is 0 Å². The van der Waals surface area contributed by atoms with Crippen LogP contribution in [0.2, 0.25) is 0 Å². The largest absolute Gasteiger partial charge is 0.300 e. The van der Waals surface area contributed by atoms with Crippen molar-refractivity contribution in [2.24, 2.45) is 5.92 Å². The molecule has 0 amide bonds. The van der Waals surface area contributed by atoms with Crippen LogP contribution in [0.5, 0.6) is 0 Å². The van der Waals surface area contributed by atoms with Crippen LogP contribution < -0.4 is 0 Å². The zero-order valence-corrected chi connectivity index (χ0v) is 16.7. The number of carbonyl (C=O) groups is 1. The van der Waals surface area contributed by atoms with Crippen LogP contribution in [0.15, 0.2) is 58.3 Å². The average Bonchev–Trinajstić information content (AvgIpc) is 2.92. The van der Waals surface area contributed by atoms with Crippen molar-refractivity contribution in [1.29, 1.82) is 5.26 Å². The summed E-state index contributed by atoms with van der Waals surface area (Å²) in [7, 11) is -1.37. The van der Waals surface area contributed by atoms with E-state index >= 15 is 0 Å². The Morgan fingerprint density at radius 1 is 1.11 bits per heavy atom. The molecule has 2 aromatic carbocycles. The maximum Gasteiger partial charge on any atom is 0.133 e. The molecule has 3 rings (SSSR count). The van der Waals surface area contributed by atoms with Crippen LogP contribution in [-0.2, 0) is 21.0 Å². The van der Waals surface area contributed by atoms with Gasteiger partial charge >= 0.3 is 0 Å². The lowest BCUT2D eigenvalue weighted by atomic mass is 9.69. The lowest BCUT2D eigenvalue weighted by Gasteiger charge is -2.32. The first-order chi connectivity index (χ1) is 13.0. The van der Waals surface area contributed by atoms with Gasteiger partial charge in [-0.25, -0.2) is 4.21 Å². The molecule has 3 atom stereocenters. The van der Waals surface area contributed by atoms with Gasteiger partial charge in [-0.15, -0.1) is 0 Å². The number of nitriles is 1. The van der Waals surface area contributed by atoms with Crippen molar-refractivity contribution in [3.8, 4) is 6.07 Å². The fourth-order valence-electron chi connectivity index (χ4n) is 3.90. The Balaban J connectivity index is 2.05. The van der Waals surface area contributed by atoms with Gasteiger partial charge in [-0.05, 0) is 56.4 Å². The third-order valence-electron chi connectivity index (χ3n) is 5.66. The van der Waals surface area contributed by atoms with Gasteiger partial charge in [0.1, 0.15) is 5.78 Å². The summed E-state index contributed by atoms with van der Waals surface area (Å²) in [6, 6.07) is 17.6. The van der Waals surface area contributed by atoms with E-state index in [2.05, 4.69) is 6.07 Å². The minimum absolute atomic E-state index is 0.0475. The van der Waals surface area contributed by atoms with Crippen molar-refractivity contribution < 1.29 is 9.00 Å². The van der Waals surface area contributed by atoms with Gasteiger partial charge in [0, 0.05) is 22.6 Å². The molecule has 0 unspecified atom stereocenters. The molecule has 0 radical (unpaired) electrons. The average molecular weight is 380 g/mol. The molecule has 0 heterocycles. The molecule has 0 bridgehead atoms. The third kappa shape index (κ3) is 4.04. The third-order valence-corrected chi connectivity index (χ3v) is 7.12. The molecule has 0 spiro atoms. The Bertz CT molecular complexity index is 897. The van der Waals surface area contributed by atoms with Crippen molar-refractivity contribution in [2.75, 3.05) is 0 Å². The Kier molecular flexibility index (Phi) is 5.92. The Morgan fingerprint density at radius 3 is 2.52 bits per heavy atom. The summed E-state index contributed by atoms with van der Waals surface area (Å²) in [5.74, 6) is 0.185. The maximum atomic E-state index is 13.3. The van der Waals surface area contributed by atoms with Crippen molar-refractivity contribution in [1.82, 2.24) is 0 Å². The van der Waals surface area contributed by atoms with Gasteiger partial charge in [0.2, 0.25) is 0 Å². The van der Waals surface area contributed by atoms with E-state index in [-0.39, 0.29) is 11.7 Å². The van der Waals surface area contributed by atoms with Gasteiger partial charge in [0.25, 0.3) is 0 Å². The first kappa shape index (κ1) is 19.5. The van der Waals surface area contributed by atoms with E-state index in [1.165, 1.54) is 0 Å². The molecule has 3 nitrogen and oxygen atoms in total. The van der Waals surface area contributed by atoms with Crippen LogP contribution >= 0.6 is 0 Å². The molecule has 2 aromatic rings. The Hall–Kier alpha value is -2.25. The molecule has 1 fully saturated rings. The highest BCUT2D eigenvalue weighted by Gasteiger charge is 2.40. The second kappa shape index (κ2) is 8.19. The number of Topliss-reactive ketones (excluding diaryl/α,β-unsaturated/α-hetero) is 1. The van der Waals surface area contributed by atoms with E-state index in [0.717, 1.165) is 35.3 Å². The van der Waals surface area contributed by atoms with Crippen LogP contribution in [0.3, 0.4) is 0 Å². The molecular formula is C23H25NO2S. The summed E-state index contributed by atoms with van der Waals surface area (Å²) in [6.45, 7) is 3.90. The lowest BCUT2D eigenvalue weighted by molar-refractivity contribution is -0.119. The van der Waals surface area contributed by atoms with Gasteiger partial charge in [-0.1, -0.05) is 42.3 Å². The highest BCUT2D eigenvalue weighted by Crippen LogP contribution is 2.41. The topological polar surface area (TPSA) is 57.9 Å². The molecule has 0 aliphatic heterocycles. The number of nitrogens with zero attached hydrogens (tertiary/aromatic N) is 1. The summed E-state index contributed by atoms with van der Waals surface area (Å²) in [6.07, 6.45) is 3.73. The maximum absolute atomic E-state index is 13.3. The van der Waals surface area contributed by atoms with E-state index in [9.17, 15) is 14.3 Å². The molecule has 4 heteroatoms. The van der Waals surface area contributed by atoms with Crippen molar-refractivity contribution >= 4 is 16.6 Å². The van der Waals surface area contributed by atoms with E-state index in [0.29, 0.717) is 17.7 Å². The predicted octanol–water partition coefficient (Wildman–Crippen LogP) is 5.09.